The normalized spacial score (nSPS) is 16.1. The van der Waals surface area contributed by atoms with Crippen molar-refractivity contribution in [2.24, 2.45) is 0 Å². The van der Waals surface area contributed by atoms with E-state index >= 15 is 0 Å². The summed E-state index contributed by atoms with van der Waals surface area (Å²) < 4.78 is 40.7. The number of benzene rings is 1. The van der Waals surface area contributed by atoms with E-state index < -0.39 is 18.0 Å². The van der Waals surface area contributed by atoms with Crippen LogP contribution >= 0.6 is 0 Å². The molecule has 0 fully saturated rings. The van der Waals surface area contributed by atoms with Gasteiger partial charge in [-0.3, -0.25) is 0 Å². The third kappa shape index (κ3) is 3.90. The lowest BCUT2D eigenvalue weighted by atomic mass is 10.1. The van der Waals surface area contributed by atoms with Crippen molar-refractivity contribution in [1.82, 2.24) is 24.7 Å². The molecule has 0 radical (unpaired) electrons. The van der Waals surface area contributed by atoms with Gasteiger partial charge in [0, 0.05) is 41.9 Å². The van der Waals surface area contributed by atoms with E-state index in [0.717, 1.165) is 22.0 Å². The van der Waals surface area contributed by atoms with E-state index in [0.29, 0.717) is 24.7 Å². The summed E-state index contributed by atoms with van der Waals surface area (Å²) in [6, 6.07) is 11.1. The standard InChI is InChI=1S/C22H21F3N8/c1-13-11-32(12-19-30-31-21(33(13)19)22(23,24)25)18-6-5-14(10-29-18)9-28-17-4-2-3-16-15(17)7-8-27-20(16)26/h2-8,10,13,28H,9,11-12H2,1H3,(H2,26,27)/t13-/m0/s1. The summed E-state index contributed by atoms with van der Waals surface area (Å²) in [4.78, 5) is 10.6. The third-order valence-electron chi connectivity index (χ3n) is 5.73. The average molecular weight is 454 g/mol. The average Bonchev–Trinajstić information content (AvgIpc) is 3.24. The molecule has 0 unspecified atom stereocenters. The van der Waals surface area contributed by atoms with Gasteiger partial charge in [-0.1, -0.05) is 18.2 Å². The van der Waals surface area contributed by atoms with Gasteiger partial charge in [0.05, 0.1) is 12.6 Å². The largest absolute Gasteiger partial charge is 0.451 e. The van der Waals surface area contributed by atoms with E-state index in [-0.39, 0.29) is 12.4 Å². The number of nitrogens with one attached hydrogen (secondary N) is 1. The minimum Gasteiger partial charge on any atom is -0.383 e. The molecule has 0 saturated carbocycles. The minimum atomic E-state index is -4.53. The van der Waals surface area contributed by atoms with Crippen LogP contribution < -0.4 is 16.0 Å². The Morgan fingerprint density at radius 1 is 1.09 bits per heavy atom. The van der Waals surface area contributed by atoms with Crippen LogP contribution in [-0.2, 0) is 19.3 Å². The van der Waals surface area contributed by atoms with Gasteiger partial charge >= 0.3 is 6.18 Å². The molecule has 11 heteroatoms. The van der Waals surface area contributed by atoms with Gasteiger partial charge in [0.2, 0.25) is 5.82 Å². The van der Waals surface area contributed by atoms with Gasteiger partial charge < -0.3 is 20.5 Å². The predicted octanol–water partition coefficient (Wildman–Crippen LogP) is 4.02. The first-order valence-electron chi connectivity index (χ1n) is 10.4. The van der Waals surface area contributed by atoms with Gasteiger partial charge in [-0.05, 0) is 30.7 Å². The number of aromatic nitrogens is 5. The SMILES string of the molecule is C[C@H]1CN(c2ccc(CNc3cccc4c(N)nccc34)cn2)Cc2nnc(C(F)(F)F)n21. The number of anilines is 3. The number of halogens is 3. The van der Waals surface area contributed by atoms with E-state index in [2.05, 4.69) is 25.5 Å². The van der Waals surface area contributed by atoms with Crippen molar-refractivity contribution in [2.45, 2.75) is 32.2 Å². The Labute approximate surface area is 187 Å². The molecule has 5 rings (SSSR count). The molecule has 4 aromatic rings. The summed E-state index contributed by atoms with van der Waals surface area (Å²) in [5.74, 6) is 0.483. The number of hydrogen-bond acceptors (Lipinski definition) is 7. The molecule has 3 N–H and O–H groups in total. The monoisotopic (exact) mass is 454 g/mol. The number of alkyl halides is 3. The van der Waals surface area contributed by atoms with Crippen LogP contribution in [0.15, 0.2) is 48.8 Å². The molecule has 1 atom stereocenters. The Balaban J connectivity index is 1.30. The van der Waals surface area contributed by atoms with Crippen LogP contribution in [0.1, 0.15) is 30.2 Å². The van der Waals surface area contributed by atoms with Crippen molar-refractivity contribution >= 4 is 28.1 Å². The Hall–Kier alpha value is -3.89. The van der Waals surface area contributed by atoms with E-state index in [4.69, 9.17) is 5.73 Å². The van der Waals surface area contributed by atoms with Gasteiger partial charge in [0.15, 0.2) is 5.82 Å². The van der Waals surface area contributed by atoms with Gasteiger partial charge in [-0.15, -0.1) is 10.2 Å². The summed E-state index contributed by atoms with van der Waals surface area (Å²) in [5, 5.41) is 12.4. The number of fused-ring (bicyclic) bond motifs is 2. The van der Waals surface area contributed by atoms with E-state index in [1.807, 2.05) is 41.3 Å². The van der Waals surface area contributed by atoms with Crippen molar-refractivity contribution in [3.8, 4) is 0 Å². The second-order valence-electron chi connectivity index (χ2n) is 8.01. The van der Waals surface area contributed by atoms with Crippen LogP contribution in [0.25, 0.3) is 10.8 Å². The first-order chi connectivity index (χ1) is 15.8. The Bertz CT molecular complexity index is 1300. The Morgan fingerprint density at radius 3 is 2.70 bits per heavy atom. The van der Waals surface area contributed by atoms with Crippen LogP contribution in [0, 0.1) is 0 Å². The van der Waals surface area contributed by atoms with Crippen molar-refractivity contribution in [3.63, 3.8) is 0 Å². The highest BCUT2D eigenvalue weighted by molar-refractivity contribution is 5.99. The van der Waals surface area contributed by atoms with Crippen LogP contribution in [0.4, 0.5) is 30.5 Å². The summed E-state index contributed by atoms with van der Waals surface area (Å²) >= 11 is 0. The second kappa shape index (κ2) is 7.91. The number of hydrogen-bond donors (Lipinski definition) is 2. The number of pyridine rings is 2. The first kappa shape index (κ1) is 21.0. The fourth-order valence-electron chi connectivity index (χ4n) is 4.19. The maximum atomic E-state index is 13.2. The molecule has 1 aromatic carbocycles. The quantitative estimate of drug-likeness (QED) is 0.481. The molecule has 1 aliphatic heterocycles. The van der Waals surface area contributed by atoms with E-state index in [9.17, 15) is 13.2 Å². The lowest BCUT2D eigenvalue weighted by Crippen LogP contribution is -2.38. The molecule has 0 saturated heterocycles. The van der Waals surface area contributed by atoms with Crippen LogP contribution in [0.2, 0.25) is 0 Å². The van der Waals surface area contributed by atoms with E-state index in [1.165, 1.54) is 4.57 Å². The number of nitrogen functional groups attached to an aromatic ring is 1. The molecule has 33 heavy (non-hydrogen) atoms. The van der Waals surface area contributed by atoms with Crippen molar-refractivity contribution in [2.75, 3.05) is 22.5 Å². The summed E-state index contributed by atoms with van der Waals surface area (Å²) in [5.41, 5.74) is 7.87. The van der Waals surface area contributed by atoms with Crippen LogP contribution in [-0.4, -0.2) is 31.3 Å². The highest BCUT2D eigenvalue weighted by Crippen LogP contribution is 2.33. The highest BCUT2D eigenvalue weighted by atomic mass is 19.4. The molecule has 0 spiro atoms. The lowest BCUT2D eigenvalue weighted by molar-refractivity contribution is -0.148. The van der Waals surface area contributed by atoms with Crippen molar-refractivity contribution in [1.29, 1.82) is 0 Å². The summed E-state index contributed by atoms with van der Waals surface area (Å²) in [7, 11) is 0. The van der Waals surface area contributed by atoms with Gasteiger partial charge in [0.1, 0.15) is 11.6 Å². The molecule has 170 valence electrons. The maximum Gasteiger partial charge on any atom is 0.451 e. The summed E-state index contributed by atoms with van der Waals surface area (Å²) in [6.07, 6.45) is -1.09. The molecule has 0 bridgehead atoms. The zero-order chi connectivity index (χ0) is 23.2. The molecule has 4 heterocycles. The zero-order valence-electron chi connectivity index (χ0n) is 17.7. The molecule has 3 aromatic heterocycles. The molecular weight excluding hydrogens is 433 g/mol. The van der Waals surface area contributed by atoms with Crippen LogP contribution in [0.5, 0.6) is 0 Å². The summed E-state index contributed by atoms with van der Waals surface area (Å²) in [6.45, 7) is 2.86. The van der Waals surface area contributed by atoms with Gasteiger partial charge in [-0.2, -0.15) is 13.2 Å². The molecule has 1 aliphatic rings. The third-order valence-corrected chi connectivity index (χ3v) is 5.73. The van der Waals surface area contributed by atoms with Gasteiger partial charge in [0.25, 0.3) is 0 Å². The Kier molecular flexibility index (Phi) is 5.03. The fourth-order valence-corrected chi connectivity index (χ4v) is 4.19. The molecule has 8 nitrogen and oxygen atoms in total. The zero-order valence-corrected chi connectivity index (χ0v) is 17.7. The maximum absolute atomic E-state index is 13.2. The van der Waals surface area contributed by atoms with E-state index in [1.54, 1.807) is 19.3 Å². The van der Waals surface area contributed by atoms with Crippen LogP contribution in [0.3, 0.4) is 0 Å². The number of nitrogens with two attached hydrogens (primary N) is 1. The fraction of sp³-hybridized carbons (Fsp3) is 0.273. The molecule has 0 amide bonds. The topological polar surface area (TPSA) is 97.8 Å². The minimum absolute atomic E-state index is 0.212. The second-order valence-corrected chi connectivity index (χ2v) is 8.01. The van der Waals surface area contributed by atoms with Crippen molar-refractivity contribution in [3.05, 3.63) is 66.0 Å². The number of nitrogens with zero attached hydrogens (tertiary/aromatic N) is 6. The predicted molar refractivity (Wildman–Crippen MR) is 119 cm³/mol. The Morgan fingerprint density at radius 2 is 1.94 bits per heavy atom. The first-order valence-corrected chi connectivity index (χ1v) is 10.4. The smallest absolute Gasteiger partial charge is 0.383 e. The molecular formula is C22H21F3N8. The van der Waals surface area contributed by atoms with Gasteiger partial charge in [-0.25, -0.2) is 9.97 Å². The lowest BCUT2D eigenvalue weighted by Gasteiger charge is -2.33. The number of rotatable bonds is 4. The van der Waals surface area contributed by atoms with Crippen molar-refractivity contribution < 1.29 is 13.2 Å². The molecule has 0 aliphatic carbocycles. The highest BCUT2D eigenvalue weighted by Gasteiger charge is 2.41.